The minimum atomic E-state index is -0.498. The first-order chi connectivity index (χ1) is 30.6. The van der Waals surface area contributed by atoms with Crippen molar-refractivity contribution in [3.63, 3.8) is 0 Å². The minimum Gasteiger partial charge on any atom is -0.504 e. The van der Waals surface area contributed by atoms with Gasteiger partial charge < -0.3 is 39.4 Å². The molecule has 14 nitrogen and oxygen atoms in total. The van der Waals surface area contributed by atoms with Gasteiger partial charge in [-0.05, 0) is 67.9 Å². The largest absolute Gasteiger partial charge is 0.504 e. The molecule has 63 heavy (non-hydrogen) atoms. The lowest BCUT2D eigenvalue weighted by Gasteiger charge is -2.26. The predicted octanol–water partition coefficient (Wildman–Crippen LogP) is 9.10. The standard InChI is InChI=1S/C22H24ClFN4O3.C15H11ClFN3O2.C7H14ClNO/c1-29-20-13-19-16(12-21(20)31-8-2-5-28-6-9-30-10-7-28)22(26-14-25-19)27-15-3-4-18(24)17(23)11-15;1-22-14-6-12-9(5-13(14)21)15(19-7-18-12)20-8-2-3-11(17)10(16)4-8;8-2-1-3-9-4-6-10-7-5-9/h3-4,11-14H,2,5-10H2,1H3,(H,25,26,27);2-7,21H,1H3,(H,18,19,20);1-7H2. The second-order valence-corrected chi connectivity index (χ2v) is 15.4. The zero-order valence-corrected chi connectivity index (χ0v) is 37.2. The Kier molecular flexibility index (Phi) is 18.1. The van der Waals surface area contributed by atoms with Crippen LogP contribution in [0.5, 0.6) is 23.0 Å². The zero-order chi connectivity index (χ0) is 44.6. The average Bonchev–Trinajstić information content (AvgIpc) is 3.30. The average molecular weight is 930 g/mol. The fraction of sp³-hybridized carbons (Fsp3) is 0.364. The summed E-state index contributed by atoms with van der Waals surface area (Å²) in [5.41, 5.74) is 2.49. The van der Waals surface area contributed by atoms with Gasteiger partial charge in [-0.15, -0.1) is 11.6 Å². The molecule has 0 unspecified atom stereocenters. The van der Waals surface area contributed by atoms with E-state index in [0.29, 0.717) is 63.3 Å². The maximum Gasteiger partial charge on any atom is 0.162 e. The van der Waals surface area contributed by atoms with Crippen LogP contribution in [-0.2, 0) is 9.47 Å². The third-order valence-corrected chi connectivity index (χ3v) is 10.8. The Morgan fingerprint density at radius 3 is 1.63 bits per heavy atom. The fourth-order valence-corrected chi connectivity index (χ4v) is 7.08. The van der Waals surface area contributed by atoms with E-state index in [1.54, 1.807) is 25.3 Å². The van der Waals surface area contributed by atoms with E-state index in [2.05, 4.69) is 40.4 Å². The highest BCUT2D eigenvalue weighted by Crippen LogP contribution is 2.36. The van der Waals surface area contributed by atoms with Crippen molar-refractivity contribution in [2.24, 2.45) is 0 Å². The van der Waals surface area contributed by atoms with Gasteiger partial charge in [0.2, 0.25) is 0 Å². The summed E-state index contributed by atoms with van der Waals surface area (Å²) < 4.78 is 53.8. The lowest BCUT2D eigenvalue weighted by atomic mass is 10.2. The second-order valence-electron chi connectivity index (χ2n) is 14.2. The van der Waals surface area contributed by atoms with Crippen molar-refractivity contribution < 1.29 is 37.6 Å². The Morgan fingerprint density at radius 2 is 1.14 bits per heavy atom. The number of halogens is 5. The molecule has 19 heteroatoms. The lowest BCUT2D eigenvalue weighted by Crippen LogP contribution is -2.37. The van der Waals surface area contributed by atoms with Crippen LogP contribution in [-0.4, -0.2) is 127 Å². The third-order valence-electron chi connectivity index (χ3n) is 9.91. The maximum atomic E-state index is 13.5. The summed E-state index contributed by atoms with van der Waals surface area (Å²) in [5, 5.41) is 17.5. The number of phenols is 1. The van der Waals surface area contributed by atoms with Gasteiger partial charge in [-0.2, -0.15) is 0 Å². The van der Waals surface area contributed by atoms with Crippen LogP contribution >= 0.6 is 34.8 Å². The molecule has 2 fully saturated rings. The fourth-order valence-electron chi connectivity index (χ4n) is 6.60. The molecule has 336 valence electrons. The molecule has 2 aliphatic rings. The topological polar surface area (TPSA) is 148 Å². The molecule has 2 saturated heterocycles. The van der Waals surface area contributed by atoms with Crippen LogP contribution < -0.4 is 24.8 Å². The zero-order valence-electron chi connectivity index (χ0n) is 34.9. The molecule has 0 aliphatic carbocycles. The molecular formula is C44H49Cl3F2N8O6. The van der Waals surface area contributed by atoms with Crippen molar-refractivity contribution in [2.75, 3.05) is 103 Å². The Labute approximate surface area is 379 Å². The van der Waals surface area contributed by atoms with Crippen LogP contribution in [0.4, 0.5) is 31.8 Å². The van der Waals surface area contributed by atoms with Crippen LogP contribution in [0.3, 0.4) is 0 Å². The molecule has 0 amide bonds. The van der Waals surface area contributed by atoms with Gasteiger partial charge in [0, 0.05) is 72.9 Å². The number of aromatic nitrogens is 4. The summed E-state index contributed by atoms with van der Waals surface area (Å²) in [5.74, 6) is 2.35. The predicted molar refractivity (Wildman–Crippen MR) is 243 cm³/mol. The molecule has 6 aromatic rings. The smallest absolute Gasteiger partial charge is 0.162 e. The van der Waals surface area contributed by atoms with Crippen molar-refractivity contribution in [3.8, 4) is 23.0 Å². The summed E-state index contributed by atoms with van der Waals surface area (Å²) in [6.45, 7) is 10.1. The number of nitrogens with zero attached hydrogens (tertiary/aromatic N) is 6. The van der Waals surface area contributed by atoms with Crippen LogP contribution in [0, 0.1) is 11.6 Å². The normalized spacial score (nSPS) is 14.3. The number of fused-ring (bicyclic) bond motifs is 2. The minimum absolute atomic E-state index is 0.00729. The number of hydrogen-bond donors (Lipinski definition) is 3. The Bertz CT molecular complexity index is 2410. The van der Waals surface area contributed by atoms with Gasteiger partial charge in [-0.25, -0.2) is 28.7 Å². The van der Waals surface area contributed by atoms with E-state index >= 15 is 0 Å². The molecular weight excluding hydrogens is 881 g/mol. The number of morpholine rings is 2. The molecule has 4 aromatic carbocycles. The third kappa shape index (κ3) is 13.7. The molecule has 0 spiro atoms. The van der Waals surface area contributed by atoms with Crippen LogP contribution in [0.25, 0.3) is 21.8 Å². The number of ether oxygens (including phenoxy) is 5. The van der Waals surface area contributed by atoms with Crippen molar-refractivity contribution in [3.05, 3.63) is 95.0 Å². The van der Waals surface area contributed by atoms with Gasteiger partial charge in [0.25, 0.3) is 0 Å². The van der Waals surface area contributed by atoms with E-state index in [1.807, 2.05) is 12.1 Å². The number of benzene rings is 4. The maximum absolute atomic E-state index is 13.5. The van der Waals surface area contributed by atoms with Gasteiger partial charge in [-0.1, -0.05) is 23.2 Å². The van der Waals surface area contributed by atoms with Crippen molar-refractivity contribution >= 4 is 79.6 Å². The summed E-state index contributed by atoms with van der Waals surface area (Å²) in [6, 6.07) is 15.4. The van der Waals surface area contributed by atoms with Crippen LogP contribution in [0.1, 0.15) is 12.8 Å². The molecule has 2 aromatic heterocycles. The quantitative estimate of drug-likeness (QED) is 0.0705. The summed E-state index contributed by atoms with van der Waals surface area (Å²) >= 11 is 17.2. The molecule has 4 heterocycles. The van der Waals surface area contributed by atoms with Crippen molar-refractivity contribution in [1.82, 2.24) is 29.7 Å². The molecule has 8 rings (SSSR count). The van der Waals surface area contributed by atoms with Gasteiger partial charge >= 0.3 is 0 Å². The number of nitrogens with one attached hydrogen (secondary N) is 2. The van der Waals surface area contributed by atoms with Gasteiger partial charge in [0.1, 0.15) is 35.9 Å². The van der Waals surface area contributed by atoms with Gasteiger partial charge in [0.15, 0.2) is 23.0 Å². The Balaban J connectivity index is 0.000000178. The Hall–Kier alpha value is -5.07. The van der Waals surface area contributed by atoms with Crippen LogP contribution in [0.2, 0.25) is 10.0 Å². The monoisotopic (exact) mass is 928 g/mol. The molecule has 0 atom stereocenters. The molecule has 0 saturated carbocycles. The summed E-state index contributed by atoms with van der Waals surface area (Å²) in [7, 11) is 3.06. The highest BCUT2D eigenvalue weighted by atomic mass is 35.5. The number of phenolic OH excluding ortho intramolecular Hbond substituents is 1. The molecule has 0 bridgehead atoms. The summed E-state index contributed by atoms with van der Waals surface area (Å²) in [6.07, 6.45) is 4.83. The SMILES string of the molecule is COc1cc2ncnc(Nc3ccc(F)c(Cl)c3)c2cc1O.COc1cc2ncnc(Nc3ccc(F)c(Cl)c3)c2cc1OCCCN1CCOCC1.ClCCCN1CCOCC1. The first-order valence-electron chi connectivity index (χ1n) is 20.2. The van der Waals surface area contributed by atoms with Gasteiger partial charge in [0.05, 0.1) is 68.3 Å². The number of rotatable bonds is 14. The number of alkyl halides is 1. The molecule has 0 radical (unpaired) electrons. The van der Waals surface area contributed by atoms with E-state index in [9.17, 15) is 13.9 Å². The van der Waals surface area contributed by atoms with Crippen molar-refractivity contribution in [1.29, 1.82) is 0 Å². The van der Waals surface area contributed by atoms with Crippen LogP contribution in [0.15, 0.2) is 73.3 Å². The van der Waals surface area contributed by atoms with Crippen molar-refractivity contribution in [2.45, 2.75) is 12.8 Å². The second kappa shape index (κ2) is 24.1. The van der Waals surface area contributed by atoms with E-state index in [4.69, 9.17) is 58.5 Å². The number of hydrogen-bond acceptors (Lipinski definition) is 14. The number of aromatic hydroxyl groups is 1. The number of methoxy groups -OCH3 is 2. The van der Waals surface area contributed by atoms with E-state index in [-0.39, 0.29) is 15.8 Å². The highest BCUT2D eigenvalue weighted by Gasteiger charge is 2.15. The first kappa shape index (κ1) is 47.4. The molecule has 3 N–H and O–H groups in total. The first-order valence-corrected chi connectivity index (χ1v) is 21.5. The number of anilines is 4. The van der Waals surface area contributed by atoms with E-state index in [1.165, 1.54) is 50.1 Å². The summed E-state index contributed by atoms with van der Waals surface area (Å²) in [4.78, 5) is 21.7. The van der Waals surface area contributed by atoms with E-state index in [0.717, 1.165) is 89.8 Å². The van der Waals surface area contributed by atoms with E-state index < -0.39 is 11.6 Å². The molecule has 2 aliphatic heterocycles. The highest BCUT2D eigenvalue weighted by molar-refractivity contribution is 6.31. The Morgan fingerprint density at radius 1 is 0.651 bits per heavy atom. The lowest BCUT2D eigenvalue weighted by molar-refractivity contribution is 0.0357. The van der Waals surface area contributed by atoms with Gasteiger partial charge in [-0.3, -0.25) is 9.80 Å².